The van der Waals surface area contributed by atoms with Crippen LogP contribution >= 0.6 is 12.2 Å². The molecule has 0 unspecified atom stereocenters. The molecule has 24 heavy (non-hydrogen) atoms. The number of H-pyrrole nitrogens is 1. The van der Waals surface area contributed by atoms with E-state index in [0.29, 0.717) is 11.2 Å². The number of nitrogens with two attached hydrogens (primary N) is 1. The Kier molecular flexibility index (Phi) is 5.21. The van der Waals surface area contributed by atoms with Gasteiger partial charge in [-0.25, -0.2) is 0 Å². The summed E-state index contributed by atoms with van der Waals surface area (Å²) < 4.78 is 0. The van der Waals surface area contributed by atoms with E-state index in [4.69, 9.17) is 18.0 Å². The molecule has 0 spiro atoms. The van der Waals surface area contributed by atoms with E-state index in [-0.39, 0.29) is 0 Å². The molecule has 4 N–H and O–H groups in total. The highest BCUT2D eigenvalue weighted by molar-refractivity contribution is 7.80. The number of benzene rings is 1. The van der Waals surface area contributed by atoms with Crippen molar-refractivity contribution >= 4 is 39.5 Å². The number of fused-ring (bicyclic) bond motifs is 1. The lowest BCUT2D eigenvalue weighted by Gasteiger charge is -2.33. The first kappa shape index (κ1) is 17.0. The van der Waals surface area contributed by atoms with Crippen molar-refractivity contribution in [3.8, 4) is 0 Å². The molecule has 0 bridgehead atoms. The second-order valence-electron chi connectivity index (χ2n) is 6.40. The van der Waals surface area contributed by atoms with Gasteiger partial charge in [0.05, 0.1) is 0 Å². The highest BCUT2D eigenvalue weighted by atomic mass is 32.1. The molecule has 2 aromatic rings. The standard InChI is InChI=1S/C19H26N4S/c1-3-15(4-2)23-9-7-13(8-10-23)17-12-21-18-6-5-14(11-16(17)18)22-19(20)24/h5-7,11-12,15,21H,3-4,8-10H2,1-2H3,(H3,20,22,24). The van der Waals surface area contributed by atoms with Crippen LogP contribution < -0.4 is 11.1 Å². The number of anilines is 1. The van der Waals surface area contributed by atoms with Crippen molar-refractivity contribution in [2.75, 3.05) is 18.4 Å². The second-order valence-corrected chi connectivity index (χ2v) is 6.84. The number of rotatable bonds is 5. The van der Waals surface area contributed by atoms with E-state index in [1.54, 1.807) is 0 Å². The van der Waals surface area contributed by atoms with Gasteiger partial charge < -0.3 is 16.0 Å². The molecule has 0 radical (unpaired) electrons. The summed E-state index contributed by atoms with van der Waals surface area (Å²) in [5.41, 5.74) is 10.4. The molecular weight excluding hydrogens is 316 g/mol. The summed E-state index contributed by atoms with van der Waals surface area (Å²) in [7, 11) is 0. The van der Waals surface area contributed by atoms with Gasteiger partial charge in [-0.1, -0.05) is 19.9 Å². The molecule has 1 aliphatic rings. The largest absolute Gasteiger partial charge is 0.376 e. The van der Waals surface area contributed by atoms with Crippen molar-refractivity contribution in [3.05, 3.63) is 36.0 Å². The zero-order valence-electron chi connectivity index (χ0n) is 14.4. The molecule has 5 heteroatoms. The van der Waals surface area contributed by atoms with Crippen LogP contribution in [0, 0.1) is 0 Å². The maximum atomic E-state index is 5.59. The summed E-state index contributed by atoms with van der Waals surface area (Å²) in [6, 6.07) is 6.88. The van der Waals surface area contributed by atoms with Gasteiger partial charge in [0.2, 0.25) is 0 Å². The Morgan fingerprint density at radius 1 is 1.38 bits per heavy atom. The highest BCUT2D eigenvalue weighted by Crippen LogP contribution is 2.31. The van der Waals surface area contributed by atoms with Crippen molar-refractivity contribution in [1.82, 2.24) is 9.88 Å². The number of aromatic nitrogens is 1. The molecule has 0 amide bonds. The lowest BCUT2D eigenvalue weighted by Crippen LogP contribution is -2.37. The van der Waals surface area contributed by atoms with Crippen LogP contribution in [0.25, 0.3) is 16.5 Å². The molecule has 0 saturated heterocycles. The van der Waals surface area contributed by atoms with Gasteiger partial charge in [-0.3, -0.25) is 4.90 Å². The van der Waals surface area contributed by atoms with Crippen molar-refractivity contribution in [2.45, 2.75) is 39.2 Å². The summed E-state index contributed by atoms with van der Waals surface area (Å²) in [6.45, 7) is 6.74. The number of aromatic amines is 1. The lowest BCUT2D eigenvalue weighted by molar-refractivity contribution is 0.205. The van der Waals surface area contributed by atoms with E-state index in [1.807, 2.05) is 6.07 Å². The molecule has 2 heterocycles. The predicted octanol–water partition coefficient (Wildman–Crippen LogP) is 4.10. The number of hydrogen-bond donors (Lipinski definition) is 3. The van der Waals surface area contributed by atoms with Crippen molar-refractivity contribution in [3.63, 3.8) is 0 Å². The molecule has 0 atom stereocenters. The molecule has 1 aromatic carbocycles. The smallest absolute Gasteiger partial charge is 0.168 e. The Labute approximate surface area is 149 Å². The topological polar surface area (TPSA) is 57.1 Å². The minimum absolute atomic E-state index is 0.295. The monoisotopic (exact) mass is 342 g/mol. The summed E-state index contributed by atoms with van der Waals surface area (Å²) in [5.74, 6) is 0. The Morgan fingerprint density at radius 2 is 2.17 bits per heavy atom. The van der Waals surface area contributed by atoms with Crippen LogP contribution in [0.3, 0.4) is 0 Å². The number of nitrogens with zero attached hydrogens (tertiary/aromatic N) is 1. The van der Waals surface area contributed by atoms with E-state index in [2.05, 4.69) is 53.5 Å². The number of thiocarbonyl (C=S) groups is 1. The van der Waals surface area contributed by atoms with E-state index in [9.17, 15) is 0 Å². The fourth-order valence-corrected chi connectivity index (χ4v) is 3.79. The zero-order valence-corrected chi connectivity index (χ0v) is 15.2. The van der Waals surface area contributed by atoms with Crippen molar-refractivity contribution in [1.29, 1.82) is 0 Å². The third-order valence-electron chi connectivity index (χ3n) is 4.99. The molecule has 1 aliphatic heterocycles. The van der Waals surface area contributed by atoms with Crippen molar-refractivity contribution < 1.29 is 0 Å². The lowest BCUT2D eigenvalue weighted by atomic mass is 9.97. The highest BCUT2D eigenvalue weighted by Gasteiger charge is 2.20. The third-order valence-corrected chi connectivity index (χ3v) is 5.10. The van der Waals surface area contributed by atoms with Crippen molar-refractivity contribution in [2.24, 2.45) is 5.73 Å². The minimum atomic E-state index is 0.295. The fraction of sp³-hybridized carbons (Fsp3) is 0.421. The molecule has 0 fully saturated rings. The Bertz CT molecular complexity index is 758. The van der Waals surface area contributed by atoms with E-state index < -0.39 is 0 Å². The predicted molar refractivity (Wildman–Crippen MR) is 107 cm³/mol. The SMILES string of the molecule is CCC(CC)N1CC=C(c2c[nH]c3ccc(NC(N)=S)cc23)CC1. The first-order chi connectivity index (χ1) is 11.6. The molecule has 0 saturated carbocycles. The van der Waals surface area contributed by atoms with Crippen LogP contribution in [-0.2, 0) is 0 Å². The zero-order chi connectivity index (χ0) is 17.1. The van der Waals surface area contributed by atoms with Crippen LogP contribution in [0.1, 0.15) is 38.7 Å². The maximum absolute atomic E-state index is 5.59. The van der Waals surface area contributed by atoms with Crippen LogP contribution in [0.5, 0.6) is 0 Å². The Balaban J connectivity index is 1.86. The number of nitrogens with one attached hydrogen (secondary N) is 2. The second kappa shape index (κ2) is 7.36. The molecule has 4 nitrogen and oxygen atoms in total. The summed E-state index contributed by atoms with van der Waals surface area (Å²) in [5, 5.41) is 4.54. The first-order valence-corrected chi connectivity index (χ1v) is 9.14. The average Bonchev–Trinajstić information content (AvgIpc) is 2.99. The third kappa shape index (κ3) is 3.47. The van der Waals surface area contributed by atoms with Gasteiger partial charge in [0.25, 0.3) is 0 Å². The van der Waals surface area contributed by atoms with Crippen LogP contribution in [0.4, 0.5) is 5.69 Å². The summed E-state index contributed by atoms with van der Waals surface area (Å²) in [4.78, 5) is 5.97. The van der Waals surface area contributed by atoms with E-state index in [1.165, 1.54) is 29.4 Å². The van der Waals surface area contributed by atoms with Crippen LogP contribution in [-0.4, -0.2) is 34.1 Å². The molecule has 3 rings (SSSR count). The summed E-state index contributed by atoms with van der Waals surface area (Å²) in [6.07, 6.45) is 8.05. The van der Waals surface area contributed by atoms with Crippen LogP contribution in [0.15, 0.2) is 30.5 Å². The van der Waals surface area contributed by atoms with Gasteiger partial charge in [-0.2, -0.15) is 0 Å². The molecule has 128 valence electrons. The normalized spacial score (nSPS) is 15.7. The van der Waals surface area contributed by atoms with Gasteiger partial charge in [0.1, 0.15) is 0 Å². The average molecular weight is 343 g/mol. The molecule has 0 aliphatic carbocycles. The fourth-order valence-electron chi connectivity index (χ4n) is 3.67. The van der Waals surface area contributed by atoms with Gasteiger partial charge in [0, 0.05) is 47.5 Å². The Morgan fingerprint density at radius 3 is 2.79 bits per heavy atom. The van der Waals surface area contributed by atoms with Gasteiger partial charge in [-0.05, 0) is 55.3 Å². The number of hydrogen-bond acceptors (Lipinski definition) is 2. The molecular formula is C19H26N4S. The van der Waals surface area contributed by atoms with Gasteiger partial charge >= 0.3 is 0 Å². The van der Waals surface area contributed by atoms with E-state index >= 15 is 0 Å². The molecule has 1 aromatic heterocycles. The minimum Gasteiger partial charge on any atom is -0.376 e. The first-order valence-electron chi connectivity index (χ1n) is 8.73. The van der Waals surface area contributed by atoms with E-state index in [0.717, 1.165) is 30.7 Å². The quantitative estimate of drug-likeness (QED) is 0.716. The maximum Gasteiger partial charge on any atom is 0.168 e. The van der Waals surface area contributed by atoms with Crippen LogP contribution in [0.2, 0.25) is 0 Å². The summed E-state index contributed by atoms with van der Waals surface area (Å²) >= 11 is 4.94. The Hall–Kier alpha value is -1.85. The van der Waals surface area contributed by atoms with Gasteiger partial charge in [0.15, 0.2) is 5.11 Å². The van der Waals surface area contributed by atoms with Gasteiger partial charge in [-0.15, -0.1) is 0 Å².